The van der Waals surface area contributed by atoms with Crippen molar-refractivity contribution in [1.29, 1.82) is 0 Å². The van der Waals surface area contributed by atoms with Crippen LogP contribution in [0.4, 0.5) is 4.39 Å². The van der Waals surface area contributed by atoms with E-state index in [1.54, 1.807) is 26.2 Å². The topological polar surface area (TPSA) is 81.4 Å². The molecule has 0 unspecified atom stereocenters. The van der Waals surface area contributed by atoms with Gasteiger partial charge in [0.05, 0.1) is 18.6 Å². The summed E-state index contributed by atoms with van der Waals surface area (Å²) in [6, 6.07) is 23.2. The molecule has 0 aliphatic rings. The van der Waals surface area contributed by atoms with Gasteiger partial charge in [-0.2, -0.15) is 5.10 Å². The van der Waals surface area contributed by atoms with Crippen molar-refractivity contribution in [2.45, 2.75) is 12.1 Å². The fourth-order valence-corrected chi connectivity index (χ4v) is 3.91. The molecule has 1 amide bonds. The van der Waals surface area contributed by atoms with Crippen LogP contribution < -0.4 is 10.2 Å². The van der Waals surface area contributed by atoms with Gasteiger partial charge in [0.15, 0.2) is 11.0 Å². The molecule has 0 atom stereocenters. The predicted molar refractivity (Wildman–Crippen MR) is 131 cm³/mol. The zero-order valence-corrected chi connectivity index (χ0v) is 19.4. The van der Waals surface area contributed by atoms with E-state index >= 15 is 0 Å². The number of carbonyl (C=O) groups excluding carboxylic acids is 1. The van der Waals surface area contributed by atoms with Crippen molar-refractivity contribution in [3.8, 4) is 22.8 Å². The van der Waals surface area contributed by atoms with E-state index in [0.29, 0.717) is 16.7 Å². The first-order chi connectivity index (χ1) is 16.5. The Labute approximate surface area is 200 Å². The summed E-state index contributed by atoms with van der Waals surface area (Å²) in [5.74, 6) is 0.876. The molecule has 0 saturated heterocycles. The summed E-state index contributed by atoms with van der Waals surface area (Å²) in [5.41, 5.74) is 5.59. The number of aromatic nitrogens is 3. The zero-order chi connectivity index (χ0) is 23.9. The highest BCUT2D eigenvalue weighted by Crippen LogP contribution is 2.28. The van der Waals surface area contributed by atoms with Crippen LogP contribution in [0.25, 0.3) is 17.1 Å². The third kappa shape index (κ3) is 5.49. The van der Waals surface area contributed by atoms with Crippen LogP contribution in [0.15, 0.2) is 89.1 Å². The van der Waals surface area contributed by atoms with Gasteiger partial charge in [0, 0.05) is 11.3 Å². The zero-order valence-electron chi connectivity index (χ0n) is 18.6. The highest BCUT2D eigenvalue weighted by Gasteiger charge is 2.17. The normalized spacial score (nSPS) is 11.3. The third-order valence-electron chi connectivity index (χ3n) is 4.94. The SMILES string of the molecule is COc1ccc(-c2nnc(SCC(=O)N/N=C(\C)c3ccc(F)cc3)n2-c2ccccc2)cc1. The van der Waals surface area contributed by atoms with Gasteiger partial charge in [0.1, 0.15) is 11.6 Å². The van der Waals surface area contributed by atoms with Crippen LogP contribution in [0.5, 0.6) is 5.75 Å². The molecule has 0 spiro atoms. The Kier molecular flexibility index (Phi) is 7.34. The Bertz CT molecular complexity index is 1290. The van der Waals surface area contributed by atoms with E-state index in [0.717, 1.165) is 22.6 Å². The molecule has 0 bridgehead atoms. The molecule has 34 heavy (non-hydrogen) atoms. The molecular weight excluding hydrogens is 453 g/mol. The lowest BCUT2D eigenvalue weighted by molar-refractivity contribution is -0.118. The number of hydrazone groups is 1. The third-order valence-corrected chi connectivity index (χ3v) is 5.87. The molecule has 0 aliphatic heterocycles. The van der Waals surface area contributed by atoms with E-state index < -0.39 is 0 Å². The second-order valence-corrected chi connectivity index (χ2v) is 8.18. The Morgan fingerprint density at radius 2 is 1.74 bits per heavy atom. The summed E-state index contributed by atoms with van der Waals surface area (Å²) in [4.78, 5) is 12.4. The van der Waals surface area contributed by atoms with Crippen LogP contribution in [0.2, 0.25) is 0 Å². The van der Waals surface area contributed by atoms with Gasteiger partial charge < -0.3 is 4.74 Å². The van der Waals surface area contributed by atoms with E-state index in [-0.39, 0.29) is 17.5 Å². The van der Waals surface area contributed by atoms with Gasteiger partial charge >= 0.3 is 0 Å². The second kappa shape index (κ2) is 10.8. The van der Waals surface area contributed by atoms with Crippen LogP contribution >= 0.6 is 11.8 Å². The quantitative estimate of drug-likeness (QED) is 0.227. The maximum atomic E-state index is 13.1. The van der Waals surface area contributed by atoms with Gasteiger partial charge in [0.25, 0.3) is 5.91 Å². The fourth-order valence-electron chi connectivity index (χ4n) is 3.16. The lowest BCUT2D eigenvalue weighted by atomic mass is 10.1. The molecule has 172 valence electrons. The maximum Gasteiger partial charge on any atom is 0.250 e. The molecular formula is C25H22FN5O2S. The Morgan fingerprint density at radius 3 is 2.41 bits per heavy atom. The fraction of sp³-hybridized carbons (Fsp3) is 0.120. The van der Waals surface area contributed by atoms with Crippen molar-refractivity contribution in [2.75, 3.05) is 12.9 Å². The molecule has 4 aromatic rings. The number of thioether (sulfide) groups is 1. The average Bonchev–Trinajstić information content (AvgIpc) is 3.31. The van der Waals surface area contributed by atoms with Gasteiger partial charge in [-0.25, -0.2) is 9.82 Å². The number of benzene rings is 3. The Hall–Kier alpha value is -3.98. The lowest BCUT2D eigenvalue weighted by Gasteiger charge is -2.10. The lowest BCUT2D eigenvalue weighted by Crippen LogP contribution is -2.21. The van der Waals surface area contributed by atoms with Gasteiger partial charge in [-0.1, -0.05) is 42.1 Å². The Balaban J connectivity index is 1.51. The first kappa shape index (κ1) is 23.2. The molecule has 0 fully saturated rings. The van der Waals surface area contributed by atoms with E-state index in [9.17, 15) is 9.18 Å². The molecule has 3 aromatic carbocycles. The number of hydrogen-bond acceptors (Lipinski definition) is 6. The number of hydrogen-bond donors (Lipinski definition) is 1. The highest BCUT2D eigenvalue weighted by atomic mass is 32.2. The van der Waals surface area contributed by atoms with Crippen LogP contribution in [0.3, 0.4) is 0 Å². The molecule has 4 rings (SSSR count). The molecule has 0 aliphatic carbocycles. The number of methoxy groups -OCH3 is 1. The van der Waals surface area contributed by atoms with Crippen molar-refractivity contribution in [3.05, 3.63) is 90.2 Å². The molecule has 1 aromatic heterocycles. The van der Waals surface area contributed by atoms with Gasteiger partial charge in [-0.05, 0) is 61.0 Å². The molecule has 0 radical (unpaired) electrons. The van der Waals surface area contributed by atoms with E-state index in [1.807, 2.05) is 59.2 Å². The number of rotatable bonds is 8. The summed E-state index contributed by atoms with van der Waals surface area (Å²) < 4.78 is 20.2. The minimum Gasteiger partial charge on any atom is -0.497 e. The molecule has 9 heteroatoms. The summed E-state index contributed by atoms with van der Waals surface area (Å²) in [6.45, 7) is 1.74. The highest BCUT2D eigenvalue weighted by molar-refractivity contribution is 7.99. The summed E-state index contributed by atoms with van der Waals surface area (Å²) in [6.07, 6.45) is 0. The van der Waals surface area contributed by atoms with Crippen LogP contribution in [0.1, 0.15) is 12.5 Å². The van der Waals surface area contributed by atoms with Gasteiger partial charge in [0.2, 0.25) is 0 Å². The van der Waals surface area contributed by atoms with Gasteiger partial charge in [-0.3, -0.25) is 9.36 Å². The largest absolute Gasteiger partial charge is 0.497 e. The first-order valence-electron chi connectivity index (χ1n) is 10.4. The number of ether oxygens (including phenoxy) is 1. The van der Waals surface area contributed by atoms with Crippen LogP contribution in [-0.4, -0.2) is 39.2 Å². The van der Waals surface area contributed by atoms with Crippen LogP contribution in [0, 0.1) is 5.82 Å². The van der Waals surface area contributed by atoms with E-state index in [4.69, 9.17) is 4.74 Å². The standard InChI is InChI=1S/C25H22FN5O2S/c1-17(18-8-12-20(26)13-9-18)27-28-23(32)16-34-25-30-29-24(19-10-14-22(33-2)15-11-19)31(25)21-6-4-3-5-7-21/h3-15H,16H2,1-2H3,(H,28,32)/b27-17+. The second-order valence-electron chi connectivity index (χ2n) is 7.23. The number of amides is 1. The first-order valence-corrected chi connectivity index (χ1v) is 11.4. The average molecular weight is 476 g/mol. The smallest absolute Gasteiger partial charge is 0.250 e. The molecule has 7 nitrogen and oxygen atoms in total. The minimum absolute atomic E-state index is 0.0910. The summed E-state index contributed by atoms with van der Waals surface area (Å²) in [7, 11) is 1.62. The van der Waals surface area contributed by atoms with Crippen molar-refractivity contribution in [1.82, 2.24) is 20.2 Å². The minimum atomic E-state index is -0.325. The number of nitrogens with one attached hydrogen (secondary N) is 1. The molecule has 1 heterocycles. The van der Waals surface area contributed by atoms with Crippen molar-refractivity contribution >= 4 is 23.4 Å². The monoisotopic (exact) mass is 475 g/mol. The number of nitrogens with zero attached hydrogens (tertiary/aromatic N) is 4. The molecule has 1 N–H and O–H groups in total. The number of halogens is 1. The number of para-hydroxylation sites is 1. The summed E-state index contributed by atoms with van der Waals surface area (Å²) >= 11 is 1.26. The van der Waals surface area contributed by atoms with Crippen LogP contribution in [-0.2, 0) is 4.79 Å². The van der Waals surface area contributed by atoms with E-state index in [2.05, 4.69) is 20.7 Å². The van der Waals surface area contributed by atoms with Crippen molar-refractivity contribution < 1.29 is 13.9 Å². The predicted octanol–water partition coefficient (Wildman–Crippen LogP) is 4.71. The van der Waals surface area contributed by atoms with Crippen molar-refractivity contribution in [2.24, 2.45) is 5.10 Å². The summed E-state index contributed by atoms with van der Waals surface area (Å²) in [5, 5.41) is 13.4. The Morgan fingerprint density at radius 1 is 1.03 bits per heavy atom. The number of carbonyl (C=O) groups is 1. The van der Waals surface area contributed by atoms with Gasteiger partial charge in [-0.15, -0.1) is 10.2 Å². The maximum absolute atomic E-state index is 13.1. The van der Waals surface area contributed by atoms with E-state index in [1.165, 1.54) is 23.9 Å². The van der Waals surface area contributed by atoms with Crippen molar-refractivity contribution in [3.63, 3.8) is 0 Å². The molecule has 0 saturated carbocycles.